The largest absolute Gasteiger partial charge is 0.456 e. The van der Waals surface area contributed by atoms with Gasteiger partial charge in [-0.15, -0.1) is 0 Å². The van der Waals surface area contributed by atoms with Gasteiger partial charge in [-0.2, -0.15) is 0 Å². The highest BCUT2D eigenvalue weighted by Gasteiger charge is 2.26. The van der Waals surface area contributed by atoms with Crippen LogP contribution in [0, 0.1) is 5.82 Å². The number of carbonyl (C=O) groups is 7. The van der Waals surface area contributed by atoms with Crippen LogP contribution in [0.3, 0.4) is 0 Å². The van der Waals surface area contributed by atoms with Crippen LogP contribution >= 0.6 is 0 Å². The summed E-state index contributed by atoms with van der Waals surface area (Å²) < 4.78 is 50.1. The third kappa shape index (κ3) is 10.1. The van der Waals surface area contributed by atoms with Crippen molar-refractivity contribution in [3.05, 3.63) is 155 Å². The number of rotatable bonds is 12. The van der Waals surface area contributed by atoms with Crippen LogP contribution in [-0.4, -0.2) is 78.2 Å². The van der Waals surface area contributed by atoms with Gasteiger partial charge >= 0.3 is 11.9 Å². The second-order valence-corrected chi connectivity index (χ2v) is 16.5. The number of amides is 3. The molecule has 16 nitrogen and oxygen atoms in total. The van der Waals surface area contributed by atoms with Gasteiger partial charge in [-0.05, 0) is 59.7 Å². The molecule has 6 aromatic rings. The fraction of sp³-hybridized carbons (Fsp3) is 0.133. The Morgan fingerprint density at radius 3 is 1.71 bits per heavy atom. The first kappa shape index (κ1) is 43.1. The fourth-order valence-electron chi connectivity index (χ4n) is 6.83. The molecule has 8 rings (SSSR count). The van der Waals surface area contributed by atoms with Crippen LogP contribution in [0.5, 0.6) is 0 Å². The smallest absolute Gasteiger partial charge is 0.333 e. The quantitative estimate of drug-likeness (QED) is 0.0892. The number of carbonyl (C=O) groups excluding carboxylic acids is 7. The van der Waals surface area contributed by atoms with Crippen LogP contribution < -0.4 is 16.0 Å². The van der Waals surface area contributed by atoms with Gasteiger partial charge in [0, 0.05) is 72.8 Å². The number of nitrogens with one attached hydrogen (secondary N) is 3. The molecule has 63 heavy (non-hydrogen) atoms. The van der Waals surface area contributed by atoms with Crippen molar-refractivity contribution in [2.24, 2.45) is 0 Å². The molecule has 2 aliphatic rings. The highest BCUT2D eigenvalue weighted by Crippen LogP contribution is 2.28. The minimum absolute atomic E-state index is 0.0658. The number of hydrogen-bond acceptors (Lipinski definition) is 11. The van der Waals surface area contributed by atoms with E-state index in [1.165, 1.54) is 43.5 Å². The van der Waals surface area contributed by atoms with E-state index in [2.05, 4.69) is 16.0 Å². The lowest BCUT2D eigenvalue weighted by molar-refractivity contribution is -0.135. The number of esters is 2. The fourth-order valence-corrected chi connectivity index (χ4v) is 7.46. The van der Waals surface area contributed by atoms with Crippen LogP contribution in [0.15, 0.2) is 132 Å². The Morgan fingerprint density at radius 1 is 0.651 bits per heavy atom. The molecule has 0 fully saturated rings. The Kier molecular flexibility index (Phi) is 12.3. The van der Waals surface area contributed by atoms with Gasteiger partial charge in [0.1, 0.15) is 19.0 Å². The average molecular weight is 874 g/mol. The lowest BCUT2D eigenvalue weighted by atomic mass is 10.1. The highest BCUT2D eigenvalue weighted by atomic mass is 32.2. The summed E-state index contributed by atoms with van der Waals surface area (Å²) in [5, 5.41) is 8.39. The molecular weight excluding hydrogens is 838 g/mol. The highest BCUT2D eigenvalue weighted by molar-refractivity contribution is 7.90. The standard InChI is InChI=1S/C23H19N3O5.C22H17FN2O6S/c1-14(27)24-16-7-8-20-18(9-16)19(12-26(20)11-15-5-3-2-4-6-15)22(29)23(30)25-17-10-21(28)31-13-17;1-32(29,30)16-5-2-13(3-6-16)10-25-11-18(17-7-4-14(23)8-19(17)25)21(27)22(28)24-15-9-20(26)31-12-15/h2-10,12H,11,13H2,1H3,(H,24,27)(H,25,30);2-9,11H,10,12H2,1H3,(H,24,28). The Balaban J connectivity index is 0.000000189. The minimum atomic E-state index is -3.34. The van der Waals surface area contributed by atoms with Crippen molar-refractivity contribution in [3.63, 3.8) is 0 Å². The predicted octanol–water partition coefficient (Wildman–Crippen LogP) is 4.36. The van der Waals surface area contributed by atoms with Gasteiger partial charge in [0.15, 0.2) is 9.84 Å². The molecule has 2 aliphatic heterocycles. The zero-order chi connectivity index (χ0) is 45.0. The molecule has 0 unspecified atom stereocenters. The van der Waals surface area contributed by atoms with Gasteiger partial charge in [-0.3, -0.25) is 24.0 Å². The number of ether oxygens (including phenoxy) is 2. The summed E-state index contributed by atoms with van der Waals surface area (Å²) in [6.45, 7) is 1.89. The molecular formula is C45H36FN5O11S. The number of fused-ring (bicyclic) bond motifs is 2. The van der Waals surface area contributed by atoms with E-state index in [1.54, 1.807) is 41.1 Å². The molecule has 4 aromatic carbocycles. The van der Waals surface area contributed by atoms with E-state index >= 15 is 0 Å². The van der Waals surface area contributed by atoms with Gasteiger partial charge in [-0.1, -0.05) is 42.5 Å². The number of sulfone groups is 1. The van der Waals surface area contributed by atoms with Crippen molar-refractivity contribution in [1.82, 2.24) is 19.8 Å². The third-order valence-corrected chi connectivity index (χ3v) is 10.8. The third-order valence-electron chi connectivity index (χ3n) is 9.72. The summed E-state index contributed by atoms with van der Waals surface area (Å²) >= 11 is 0. The topological polar surface area (TPSA) is 218 Å². The molecule has 2 aromatic heterocycles. The van der Waals surface area contributed by atoms with Crippen LogP contribution in [0.25, 0.3) is 21.8 Å². The van der Waals surface area contributed by atoms with E-state index < -0.39 is 51.0 Å². The van der Waals surface area contributed by atoms with Crippen molar-refractivity contribution in [1.29, 1.82) is 0 Å². The van der Waals surface area contributed by atoms with Gasteiger partial charge in [0.25, 0.3) is 23.4 Å². The summed E-state index contributed by atoms with van der Waals surface area (Å²) in [6, 6.07) is 24.9. The van der Waals surface area contributed by atoms with Crippen molar-refractivity contribution < 1.29 is 55.8 Å². The zero-order valence-electron chi connectivity index (χ0n) is 33.5. The lowest BCUT2D eigenvalue weighted by Gasteiger charge is -2.07. The van der Waals surface area contributed by atoms with Crippen LogP contribution in [-0.2, 0) is 56.4 Å². The van der Waals surface area contributed by atoms with Crippen molar-refractivity contribution in [3.8, 4) is 0 Å². The molecule has 0 saturated heterocycles. The van der Waals surface area contributed by atoms with Crippen molar-refractivity contribution in [2.75, 3.05) is 24.8 Å². The van der Waals surface area contributed by atoms with E-state index in [4.69, 9.17) is 9.47 Å². The van der Waals surface area contributed by atoms with Crippen LogP contribution in [0.1, 0.15) is 38.8 Å². The summed E-state index contributed by atoms with van der Waals surface area (Å²) in [7, 11) is -3.34. The van der Waals surface area contributed by atoms with E-state index in [0.717, 1.165) is 29.5 Å². The molecule has 0 bridgehead atoms. The second-order valence-electron chi connectivity index (χ2n) is 14.4. The SMILES string of the molecule is CC(=O)Nc1ccc2c(c1)c(C(=O)C(=O)NC1=CC(=O)OC1)cn2Cc1ccccc1.CS(=O)(=O)c1ccc(Cn2cc(C(=O)C(=O)NC3=CC(=O)OC3)c3ccc(F)cc32)cc1. The van der Waals surface area contributed by atoms with Crippen molar-refractivity contribution >= 4 is 78.6 Å². The van der Waals surface area contributed by atoms with Gasteiger partial charge < -0.3 is 34.6 Å². The van der Waals surface area contributed by atoms with Crippen molar-refractivity contribution in [2.45, 2.75) is 24.9 Å². The molecule has 4 heterocycles. The first-order valence-electron chi connectivity index (χ1n) is 19.0. The first-order chi connectivity index (χ1) is 30.0. The number of cyclic esters (lactones) is 2. The molecule has 18 heteroatoms. The van der Waals surface area contributed by atoms with Gasteiger partial charge in [0.2, 0.25) is 5.91 Å². The summed E-state index contributed by atoms with van der Waals surface area (Å²) in [5.41, 5.74) is 4.07. The first-order valence-corrected chi connectivity index (χ1v) is 20.9. The predicted molar refractivity (Wildman–Crippen MR) is 225 cm³/mol. The van der Waals surface area contributed by atoms with E-state index in [9.17, 15) is 46.4 Å². The normalized spacial score (nSPS) is 13.3. The molecule has 0 radical (unpaired) electrons. The summed E-state index contributed by atoms with van der Waals surface area (Å²) in [5.74, 6) is -5.36. The monoisotopic (exact) mass is 873 g/mol. The number of hydrogen-bond donors (Lipinski definition) is 3. The number of anilines is 1. The second kappa shape index (κ2) is 17.9. The Hall–Kier alpha value is -7.99. The molecule has 0 atom stereocenters. The number of aromatic nitrogens is 2. The van der Waals surface area contributed by atoms with E-state index in [1.807, 2.05) is 34.9 Å². The van der Waals surface area contributed by atoms with Gasteiger partial charge in [0.05, 0.1) is 32.9 Å². The van der Waals surface area contributed by atoms with Crippen LogP contribution in [0.4, 0.5) is 10.1 Å². The van der Waals surface area contributed by atoms with E-state index in [0.29, 0.717) is 34.1 Å². The number of ketones is 2. The maximum atomic E-state index is 13.9. The summed E-state index contributed by atoms with van der Waals surface area (Å²) in [4.78, 5) is 84.6. The molecule has 0 aliphatic carbocycles. The maximum absolute atomic E-state index is 13.9. The van der Waals surface area contributed by atoms with Gasteiger partial charge in [-0.25, -0.2) is 22.4 Å². The number of halogens is 1. The maximum Gasteiger partial charge on any atom is 0.333 e. The average Bonchev–Trinajstić information content (AvgIpc) is 4.03. The number of Topliss-reactive ketones (excluding diaryl/α,β-unsaturated/α-hetero) is 2. The molecule has 3 amide bonds. The minimum Gasteiger partial charge on any atom is -0.456 e. The number of benzene rings is 4. The lowest BCUT2D eigenvalue weighted by Crippen LogP contribution is -2.31. The molecule has 0 saturated carbocycles. The molecule has 0 spiro atoms. The van der Waals surface area contributed by atoms with E-state index in [-0.39, 0.29) is 53.1 Å². The Bertz CT molecular complexity index is 3060. The Morgan fingerprint density at radius 2 is 1.19 bits per heavy atom. The zero-order valence-corrected chi connectivity index (χ0v) is 34.3. The molecule has 3 N–H and O–H groups in total. The van der Waals surface area contributed by atoms with Crippen LogP contribution in [0.2, 0.25) is 0 Å². The Labute approximate surface area is 357 Å². The summed E-state index contributed by atoms with van der Waals surface area (Å²) in [6.07, 6.45) is 6.41. The number of nitrogens with zero attached hydrogens (tertiary/aromatic N) is 2. The molecule has 320 valence electrons.